The van der Waals surface area contributed by atoms with Crippen molar-refractivity contribution in [2.75, 3.05) is 4.72 Å². The molecule has 0 atom stereocenters. The first-order valence-corrected chi connectivity index (χ1v) is 8.09. The van der Waals surface area contributed by atoms with Gasteiger partial charge < -0.3 is 4.57 Å². The van der Waals surface area contributed by atoms with Crippen molar-refractivity contribution in [1.82, 2.24) is 4.57 Å². The van der Waals surface area contributed by atoms with Gasteiger partial charge in [0.2, 0.25) is 5.56 Å². The zero-order valence-electron chi connectivity index (χ0n) is 10.3. The lowest BCUT2D eigenvalue weighted by Gasteiger charge is -2.10. The van der Waals surface area contributed by atoms with Crippen molar-refractivity contribution in [1.29, 1.82) is 0 Å². The Balaban J connectivity index is 2.40. The number of aryl methyl sites for hydroxylation is 1. The predicted octanol–water partition coefficient (Wildman–Crippen LogP) is 2.60. The molecule has 2 rings (SSSR count). The van der Waals surface area contributed by atoms with Gasteiger partial charge in [-0.3, -0.25) is 9.52 Å². The second kappa shape index (κ2) is 5.59. The minimum atomic E-state index is -3.81. The van der Waals surface area contributed by atoms with E-state index in [-0.39, 0.29) is 21.2 Å². The second-order valence-corrected chi connectivity index (χ2v) is 7.02. The van der Waals surface area contributed by atoms with Gasteiger partial charge >= 0.3 is 0 Å². The van der Waals surface area contributed by atoms with E-state index in [1.165, 1.54) is 42.1 Å². The van der Waals surface area contributed by atoms with Crippen molar-refractivity contribution in [2.24, 2.45) is 7.05 Å². The fourth-order valence-electron chi connectivity index (χ4n) is 1.56. The minimum absolute atomic E-state index is 0.0313. The van der Waals surface area contributed by atoms with Gasteiger partial charge in [-0.15, -0.1) is 0 Å². The van der Waals surface area contributed by atoms with E-state index in [0.717, 1.165) is 0 Å². The lowest BCUT2D eigenvalue weighted by Crippen LogP contribution is -2.18. The van der Waals surface area contributed by atoms with Gasteiger partial charge in [0.25, 0.3) is 10.0 Å². The predicted molar refractivity (Wildman–Crippen MR) is 81.6 cm³/mol. The molecule has 0 unspecified atom stereocenters. The van der Waals surface area contributed by atoms with Crippen LogP contribution in [0.1, 0.15) is 0 Å². The molecule has 0 amide bonds. The number of nitrogens with one attached hydrogen (secondary N) is 1. The van der Waals surface area contributed by atoms with Gasteiger partial charge in [-0.1, -0.05) is 27.5 Å². The zero-order valence-corrected chi connectivity index (χ0v) is 13.5. The van der Waals surface area contributed by atoms with Crippen LogP contribution >= 0.6 is 27.5 Å². The highest BCUT2D eigenvalue weighted by Crippen LogP contribution is 2.26. The molecule has 2 aromatic rings. The summed E-state index contributed by atoms with van der Waals surface area (Å²) in [6.07, 6.45) is 1.40. The Kier molecular flexibility index (Phi) is 4.22. The van der Waals surface area contributed by atoms with Gasteiger partial charge in [0.05, 0.1) is 10.7 Å². The SMILES string of the molecule is Cn1cc(NS(=O)(=O)c2ccc(Br)cc2Cl)ccc1=O. The molecule has 0 aliphatic carbocycles. The maximum absolute atomic E-state index is 12.2. The van der Waals surface area contributed by atoms with Crippen molar-refractivity contribution >= 4 is 43.2 Å². The van der Waals surface area contributed by atoms with Crippen LogP contribution in [0.25, 0.3) is 0 Å². The van der Waals surface area contributed by atoms with E-state index in [1.54, 1.807) is 6.07 Å². The molecule has 1 N–H and O–H groups in total. The summed E-state index contributed by atoms with van der Waals surface area (Å²) in [5, 5.41) is 0.108. The largest absolute Gasteiger partial charge is 0.316 e. The first-order chi connectivity index (χ1) is 9.29. The Labute approximate surface area is 129 Å². The van der Waals surface area contributed by atoms with E-state index in [9.17, 15) is 13.2 Å². The molecule has 0 aliphatic rings. The summed E-state index contributed by atoms with van der Waals surface area (Å²) in [6.45, 7) is 0. The molecule has 5 nitrogen and oxygen atoms in total. The Morgan fingerprint density at radius 3 is 2.55 bits per heavy atom. The summed E-state index contributed by atoms with van der Waals surface area (Å²) in [7, 11) is -2.27. The maximum atomic E-state index is 12.2. The molecule has 0 bridgehead atoms. The minimum Gasteiger partial charge on any atom is -0.316 e. The van der Waals surface area contributed by atoms with E-state index in [0.29, 0.717) is 4.47 Å². The summed E-state index contributed by atoms with van der Waals surface area (Å²) < 4.78 is 28.8. The second-order valence-electron chi connectivity index (χ2n) is 4.05. The number of aromatic nitrogens is 1. The monoisotopic (exact) mass is 376 g/mol. The first-order valence-electron chi connectivity index (χ1n) is 5.44. The number of benzene rings is 1. The Morgan fingerprint density at radius 1 is 1.25 bits per heavy atom. The highest BCUT2D eigenvalue weighted by molar-refractivity contribution is 9.10. The Hall–Kier alpha value is -1.31. The fourth-order valence-corrected chi connectivity index (χ4v) is 3.64. The van der Waals surface area contributed by atoms with Crippen molar-refractivity contribution in [3.63, 3.8) is 0 Å². The van der Waals surface area contributed by atoms with E-state index >= 15 is 0 Å². The molecule has 1 aromatic heterocycles. The molecule has 0 spiro atoms. The van der Waals surface area contributed by atoms with Crippen LogP contribution in [0.2, 0.25) is 5.02 Å². The van der Waals surface area contributed by atoms with Gasteiger partial charge in [-0.2, -0.15) is 0 Å². The third kappa shape index (κ3) is 3.23. The third-order valence-electron chi connectivity index (χ3n) is 2.52. The van der Waals surface area contributed by atoms with Crippen molar-refractivity contribution < 1.29 is 8.42 Å². The molecule has 8 heteroatoms. The van der Waals surface area contributed by atoms with Crippen LogP contribution in [-0.2, 0) is 17.1 Å². The van der Waals surface area contributed by atoms with Crippen LogP contribution in [0.5, 0.6) is 0 Å². The molecule has 0 radical (unpaired) electrons. The number of nitrogens with zero attached hydrogens (tertiary/aromatic N) is 1. The quantitative estimate of drug-likeness (QED) is 0.894. The lowest BCUT2D eigenvalue weighted by atomic mass is 10.4. The van der Waals surface area contributed by atoms with Gasteiger partial charge in [0.15, 0.2) is 0 Å². The van der Waals surface area contributed by atoms with E-state index in [2.05, 4.69) is 20.7 Å². The molecule has 20 heavy (non-hydrogen) atoms. The summed E-state index contributed by atoms with van der Waals surface area (Å²) in [5.74, 6) is 0. The van der Waals surface area contributed by atoms with E-state index < -0.39 is 10.0 Å². The van der Waals surface area contributed by atoms with Crippen LogP contribution in [0, 0.1) is 0 Å². The average Bonchev–Trinajstić information content (AvgIpc) is 2.33. The van der Waals surface area contributed by atoms with Crippen LogP contribution in [0.4, 0.5) is 5.69 Å². The fraction of sp³-hybridized carbons (Fsp3) is 0.0833. The summed E-state index contributed by atoms with van der Waals surface area (Å²) in [4.78, 5) is 11.2. The van der Waals surface area contributed by atoms with Gasteiger partial charge in [0, 0.05) is 23.8 Å². The number of halogens is 2. The van der Waals surface area contributed by atoms with Gasteiger partial charge in [0.1, 0.15) is 4.90 Å². The Morgan fingerprint density at radius 2 is 1.95 bits per heavy atom. The van der Waals surface area contributed by atoms with Crippen LogP contribution in [0.15, 0.2) is 50.7 Å². The summed E-state index contributed by atoms with van der Waals surface area (Å²) in [5.41, 5.74) is 0.0562. The molecule has 1 heterocycles. The molecular formula is C12H10BrClN2O3S. The number of sulfonamides is 1. The van der Waals surface area contributed by atoms with Crippen molar-refractivity contribution in [2.45, 2.75) is 4.90 Å². The smallest absolute Gasteiger partial charge is 0.263 e. The Bertz CT molecular complexity index is 818. The first kappa shape index (κ1) is 15.1. The van der Waals surface area contributed by atoms with Crippen LogP contribution < -0.4 is 10.3 Å². The van der Waals surface area contributed by atoms with Crippen LogP contribution in [0.3, 0.4) is 0 Å². The highest BCUT2D eigenvalue weighted by atomic mass is 79.9. The standard InChI is InChI=1S/C12H10BrClN2O3S/c1-16-7-9(3-5-12(16)17)15-20(18,19)11-4-2-8(13)6-10(11)14/h2-7,15H,1H3. The molecule has 0 aliphatic heterocycles. The van der Waals surface area contributed by atoms with Crippen molar-refractivity contribution in [3.05, 3.63) is 56.4 Å². The summed E-state index contributed by atoms with van der Waals surface area (Å²) >= 11 is 9.14. The maximum Gasteiger partial charge on any atom is 0.263 e. The molecular weight excluding hydrogens is 368 g/mol. The molecule has 0 saturated heterocycles. The molecule has 106 valence electrons. The molecule has 0 fully saturated rings. The number of rotatable bonds is 3. The normalized spacial score (nSPS) is 11.3. The van der Waals surface area contributed by atoms with E-state index in [1.807, 2.05) is 0 Å². The van der Waals surface area contributed by atoms with Gasteiger partial charge in [-0.25, -0.2) is 8.42 Å². The number of pyridine rings is 1. The zero-order chi connectivity index (χ0) is 14.9. The van der Waals surface area contributed by atoms with Gasteiger partial charge in [-0.05, 0) is 24.3 Å². The lowest BCUT2D eigenvalue weighted by molar-refractivity contribution is 0.601. The van der Waals surface area contributed by atoms with Crippen molar-refractivity contribution in [3.8, 4) is 0 Å². The van der Waals surface area contributed by atoms with E-state index in [4.69, 9.17) is 11.6 Å². The number of hydrogen-bond acceptors (Lipinski definition) is 3. The molecule has 1 aromatic carbocycles. The van der Waals surface area contributed by atoms with Crippen LogP contribution in [-0.4, -0.2) is 13.0 Å². The summed E-state index contributed by atoms with van der Waals surface area (Å²) in [6, 6.07) is 7.16. The number of anilines is 1. The molecule has 0 saturated carbocycles. The third-order valence-corrected chi connectivity index (χ3v) is 4.88. The topological polar surface area (TPSA) is 68.2 Å². The highest BCUT2D eigenvalue weighted by Gasteiger charge is 2.18. The average molecular weight is 378 g/mol. The number of hydrogen-bond donors (Lipinski definition) is 1.